The topological polar surface area (TPSA) is 31.2 Å². The number of unbranched alkanes of at least 4 members (excludes halogenated alkanes) is 1. The van der Waals surface area contributed by atoms with Crippen molar-refractivity contribution in [1.29, 1.82) is 0 Å². The summed E-state index contributed by atoms with van der Waals surface area (Å²) < 4.78 is 8.14. The molecule has 3 heteroatoms. The number of carbonyl (C=O) groups excluding carboxylic acids is 1. The molecule has 0 fully saturated rings. The van der Waals surface area contributed by atoms with Crippen molar-refractivity contribution in [2.24, 2.45) is 0 Å². The number of carbonyl (C=O) groups is 1. The molecule has 0 spiro atoms. The highest BCUT2D eigenvalue weighted by Crippen LogP contribution is 2.42. The maximum absolute atomic E-state index is 14.0. The molecule has 0 aliphatic carbocycles. The van der Waals surface area contributed by atoms with Gasteiger partial charge >= 0.3 is 0 Å². The molecule has 33 heavy (non-hydrogen) atoms. The first-order chi connectivity index (χ1) is 16.2. The molecule has 0 saturated carbocycles. The third-order valence-corrected chi connectivity index (χ3v) is 6.29. The van der Waals surface area contributed by atoms with Gasteiger partial charge in [0.25, 0.3) is 0 Å². The van der Waals surface area contributed by atoms with Crippen LogP contribution in [-0.4, -0.2) is 17.5 Å². The van der Waals surface area contributed by atoms with E-state index in [4.69, 9.17) is 4.74 Å². The van der Waals surface area contributed by atoms with Gasteiger partial charge in [-0.3, -0.25) is 4.79 Å². The number of benzene rings is 4. The second-order valence-electron chi connectivity index (χ2n) is 8.31. The molecule has 0 bridgehead atoms. The lowest BCUT2D eigenvalue weighted by atomic mass is 9.96. The molecule has 0 aliphatic heterocycles. The van der Waals surface area contributed by atoms with Crippen LogP contribution in [0.4, 0.5) is 0 Å². The predicted octanol–water partition coefficient (Wildman–Crippen LogP) is 7.50. The molecular formula is C30H27NO2. The summed E-state index contributed by atoms with van der Waals surface area (Å²) >= 11 is 0. The van der Waals surface area contributed by atoms with Crippen LogP contribution in [0.15, 0.2) is 91.0 Å². The Labute approximate surface area is 194 Å². The fraction of sp³-hybridized carbons (Fsp3) is 0.167. The van der Waals surface area contributed by atoms with E-state index in [-0.39, 0.29) is 5.78 Å². The van der Waals surface area contributed by atoms with E-state index < -0.39 is 0 Å². The van der Waals surface area contributed by atoms with Crippen LogP contribution in [0, 0.1) is 0 Å². The Balaban J connectivity index is 1.96. The zero-order chi connectivity index (χ0) is 22.8. The first-order valence-electron chi connectivity index (χ1n) is 11.5. The Kier molecular flexibility index (Phi) is 5.70. The number of fused-ring (bicyclic) bond motifs is 3. The summed E-state index contributed by atoms with van der Waals surface area (Å²) in [4.78, 5) is 14.0. The summed E-state index contributed by atoms with van der Waals surface area (Å²) in [5.74, 6) is 0.819. The minimum absolute atomic E-state index is 0.0343. The van der Waals surface area contributed by atoms with E-state index in [2.05, 4.69) is 41.8 Å². The number of aryl methyl sites for hydroxylation is 1. The summed E-state index contributed by atoms with van der Waals surface area (Å²) in [7, 11) is 1.69. The van der Waals surface area contributed by atoms with E-state index in [0.29, 0.717) is 5.56 Å². The molecule has 4 aromatic carbocycles. The maximum Gasteiger partial charge on any atom is 0.195 e. The third kappa shape index (κ3) is 3.60. The Morgan fingerprint density at radius 1 is 0.818 bits per heavy atom. The molecule has 0 saturated heterocycles. The fourth-order valence-corrected chi connectivity index (χ4v) is 4.75. The lowest BCUT2D eigenvalue weighted by Gasteiger charge is -2.13. The van der Waals surface area contributed by atoms with Gasteiger partial charge in [-0.05, 0) is 18.1 Å². The van der Waals surface area contributed by atoms with Gasteiger partial charge in [-0.25, -0.2) is 0 Å². The van der Waals surface area contributed by atoms with Crippen LogP contribution in [0.2, 0.25) is 0 Å². The van der Waals surface area contributed by atoms with E-state index in [9.17, 15) is 4.79 Å². The standard InChI is InChI=1S/C30H27NO2/c1-3-4-19-31-28(21-13-7-5-8-14-21)27(30(32)22-15-9-6-10-16-22)25-20-26(33-2)23-17-11-12-18-24(23)29(25)31/h5-18,20H,3-4,19H2,1-2H3. The Morgan fingerprint density at radius 2 is 1.45 bits per heavy atom. The zero-order valence-electron chi connectivity index (χ0n) is 19.0. The second-order valence-corrected chi connectivity index (χ2v) is 8.31. The Hall–Kier alpha value is -3.85. The van der Waals surface area contributed by atoms with E-state index >= 15 is 0 Å². The minimum atomic E-state index is 0.0343. The number of nitrogens with zero attached hydrogens (tertiary/aromatic N) is 1. The summed E-state index contributed by atoms with van der Waals surface area (Å²) in [6.45, 7) is 3.04. The van der Waals surface area contributed by atoms with E-state index in [1.54, 1.807) is 7.11 Å². The van der Waals surface area contributed by atoms with Gasteiger partial charge in [0.2, 0.25) is 0 Å². The molecule has 5 aromatic rings. The first kappa shape index (κ1) is 21.0. The fourth-order valence-electron chi connectivity index (χ4n) is 4.75. The van der Waals surface area contributed by atoms with Gasteiger partial charge in [0, 0.05) is 28.3 Å². The van der Waals surface area contributed by atoms with Crippen LogP contribution < -0.4 is 4.74 Å². The predicted molar refractivity (Wildman–Crippen MR) is 136 cm³/mol. The molecule has 1 heterocycles. The van der Waals surface area contributed by atoms with Crippen molar-refractivity contribution in [3.63, 3.8) is 0 Å². The summed E-state index contributed by atoms with van der Waals surface area (Å²) in [5.41, 5.74) is 4.55. The quantitative estimate of drug-likeness (QED) is 0.249. The average molecular weight is 434 g/mol. The zero-order valence-corrected chi connectivity index (χ0v) is 19.0. The first-order valence-corrected chi connectivity index (χ1v) is 11.5. The number of aromatic nitrogens is 1. The molecule has 0 radical (unpaired) electrons. The smallest absolute Gasteiger partial charge is 0.195 e. The Bertz CT molecular complexity index is 1430. The molecule has 164 valence electrons. The number of hydrogen-bond acceptors (Lipinski definition) is 2. The molecule has 0 unspecified atom stereocenters. The molecule has 0 atom stereocenters. The third-order valence-electron chi connectivity index (χ3n) is 6.29. The number of rotatable bonds is 7. The van der Waals surface area contributed by atoms with Gasteiger partial charge < -0.3 is 9.30 Å². The van der Waals surface area contributed by atoms with E-state index in [1.165, 1.54) is 0 Å². The molecule has 3 nitrogen and oxygen atoms in total. The van der Waals surface area contributed by atoms with Crippen LogP contribution in [-0.2, 0) is 6.54 Å². The van der Waals surface area contributed by atoms with Gasteiger partial charge in [0.05, 0.1) is 23.9 Å². The maximum atomic E-state index is 14.0. The summed E-state index contributed by atoms with van der Waals surface area (Å²) in [6, 6.07) is 30.2. The van der Waals surface area contributed by atoms with Crippen molar-refractivity contribution in [1.82, 2.24) is 4.57 Å². The van der Waals surface area contributed by atoms with Gasteiger partial charge in [-0.1, -0.05) is 98.3 Å². The molecule has 1 aromatic heterocycles. The number of ether oxygens (including phenoxy) is 1. The number of ketones is 1. The van der Waals surface area contributed by atoms with Gasteiger partial charge in [-0.15, -0.1) is 0 Å². The lowest BCUT2D eigenvalue weighted by molar-refractivity contribution is 0.104. The van der Waals surface area contributed by atoms with Gasteiger partial charge in [0.1, 0.15) is 5.75 Å². The normalized spacial score (nSPS) is 11.2. The van der Waals surface area contributed by atoms with Crippen molar-refractivity contribution in [3.05, 3.63) is 102 Å². The molecule has 0 N–H and O–H groups in total. The largest absolute Gasteiger partial charge is 0.496 e. The number of hydrogen-bond donors (Lipinski definition) is 0. The van der Waals surface area contributed by atoms with E-state index in [0.717, 1.165) is 63.6 Å². The molecule has 5 rings (SSSR count). The van der Waals surface area contributed by atoms with Crippen molar-refractivity contribution in [2.45, 2.75) is 26.3 Å². The SMILES string of the molecule is CCCCn1c(-c2ccccc2)c(C(=O)c2ccccc2)c2cc(OC)c3ccccc3c21. The highest BCUT2D eigenvalue weighted by atomic mass is 16.5. The van der Waals surface area contributed by atoms with Crippen LogP contribution in [0.5, 0.6) is 5.75 Å². The highest BCUT2D eigenvalue weighted by Gasteiger charge is 2.26. The second kappa shape index (κ2) is 8.95. The average Bonchev–Trinajstić information content (AvgIpc) is 3.21. The van der Waals surface area contributed by atoms with Crippen LogP contribution in [0.3, 0.4) is 0 Å². The minimum Gasteiger partial charge on any atom is -0.496 e. The highest BCUT2D eigenvalue weighted by molar-refractivity contribution is 6.24. The van der Waals surface area contributed by atoms with Crippen LogP contribution in [0.1, 0.15) is 35.7 Å². The number of methoxy groups -OCH3 is 1. The summed E-state index contributed by atoms with van der Waals surface area (Å²) in [5, 5.41) is 3.10. The monoisotopic (exact) mass is 433 g/mol. The molecule has 0 amide bonds. The Morgan fingerprint density at radius 3 is 2.12 bits per heavy atom. The lowest BCUT2D eigenvalue weighted by Crippen LogP contribution is -2.06. The van der Waals surface area contributed by atoms with E-state index in [1.807, 2.05) is 60.7 Å². The molecule has 0 aliphatic rings. The summed E-state index contributed by atoms with van der Waals surface area (Å²) in [6.07, 6.45) is 2.10. The van der Waals surface area contributed by atoms with Crippen molar-refractivity contribution >= 4 is 27.5 Å². The van der Waals surface area contributed by atoms with Crippen molar-refractivity contribution < 1.29 is 9.53 Å². The van der Waals surface area contributed by atoms with Crippen LogP contribution in [0.25, 0.3) is 32.9 Å². The van der Waals surface area contributed by atoms with Gasteiger partial charge in [0.15, 0.2) is 5.78 Å². The van der Waals surface area contributed by atoms with Crippen molar-refractivity contribution in [3.8, 4) is 17.0 Å². The van der Waals surface area contributed by atoms with Gasteiger partial charge in [-0.2, -0.15) is 0 Å². The van der Waals surface area contributed by atoms with Crippen LogP contribution >= 0.6 is 0 Å². The molecular weight excluding hydrogens is 406 g/mol. The van der Waals surface area contributed by atoms with Crippen molar-refractivity contribution in [2.75, 3.05) is 7.11 Å².